The summed E-state index contributed by atoms with van der Waals surface area (Å²) in [6.07, 6.45) is 3.66. The van der Waals surface area contributed by atoms with Crippen molar-refractivity contribution < 1.29 is 17.7 Å². The van der Waals surface area contributed by atoms with Gasteiger partial charge in [-0.25, -0.2) is 0 Å². The number of hydrogen-bond donors (Lipinski definition) is 0. The van der Waals surface area contributed by atoms with E-state index in [1.807, 2.05) is 0 Å². The molecule has 0 bridgehead atoms. The molecule has 0 radical (unpaired) electrons. The van der Waals surface area contributed by atoms with Gasteiger partial charge < -0.3 is 17.7 Å². The zero-order valence-corrected chi connectivity index (χ0v) is 13.6. The summed E-state index contributed by atoms with van der Waals surface area (Å²) in [6, 6.07) is 3.38. The minimum atomic E-state index is -2.37. The standard InChI is InChI=1S/C11H26O4Si2/c1-12-17(13-2,14-3)11-7-10-16(4)9-6-5-8-15-16/h5-11H2,1-4H3. The maximum Gasteiger partial charge on any atom is 0.500 e. The smallest absolute Gasteiger partial charge is 0.417 e. The summed E-state index contributed by atoms with van der Waals surface area (Å²) in [6.45, 7) is 3.31. The minimum absolute atomic E-state index is 0.891. The van der Waals surface area contributed by atoms with Gasteiger partial charge in [0.2, 0.25) is 0 Å². The van der Waals surface area contributed by atoms with E-state index in [2.05, 4.69) is 6.55 Å². The van der Waals surface area contributed by atoms with Crippen LogP contribution in [0.25, 0.3) is 0 Å². The lowest BCUT2D eigenvalue weighted by Gasteiger charge is -2.32. The highest BCUT2D eigenvalue weighted by atomic mass is 28.4. The van der Waals surface area contributed by atoms with Crippen LogP contribution in [-0.4, -0.2) is 45.1 Å². The van der Waals surface area contributed by atoms with Crippen molar-refractivity contribution in [2.75, 3.05) is 27.9 Å². The summed E-state index contributed by atoms with van der Waals surface area (Å²) in [4.78, 5) is 0. The second-order valence-electron chi connectivity index (χ2n) is 4.90. The van der Waals surface area contributed by atoms with E-state index in [1.165, 1.54) is 24.9 Å². The lowest BCUT2D eigenvalue weighted by molar-refractivity contribution is 0.123. The van der Waals surface area contributed by atoms with Crippen LogP contribution < -0.4 is 0 Å². The molecule has 1 heterocycles. The average Bonchev–Trinajstić information content (AvgIpc) is 2.36. The SMILES string of the molecule is CO[Si](CCC[Si]1(C)CCCCO1)(OC)OC. The first kappa shape index (κ1) is 15.3. The lowest BCUT2D eigenvalue weighted by atomic mass is 10.4. The normalized spacial score (nSPS) is 26.1. The van der Waals surface area contributed by atoms with E-state index < -0.39 is 17.1 Å². The highest BCUT2D eigenvalue weighted by molar-refractivity contribution is 6.72. The Hall–Kier alpha value is 0.274. The fourth-order valence-corrected chi connectivity index (χ4v) is 7.60. The molecule has 0 aromatic carbocycles. The molecule has 1 aliphatic rings. The van der Waals surface area contributed by atoms with Crippen LogP contribution in [0.15, 0.2) is 0 Å². The van der Waals surface area contributed by atoms with E-state index in [1.54, 1.807) is 21.3 Å². The molecule has 0 aromatic rings. The molecule has 1 rings (SSSR count). The van der Waals surface area contributed by atoms with Gasteiger partial charge in [-0.3, -0.25) is 0 Å². The van der Waals surface area contributed by atoms with Gasteiger partial charge >= 0.3 is 8.80 Å². The second kappa shape index (κ2) is 7.01. The zero-order valence-electron chi connectivity index (χ0n) is 11.6. The molecule has 4 nitrogen and oxygen atoms in total. The van der Waals surface area contributed by atoms with Gasteiger partial charge in [0.05, 0.1) is 0 Å². The molecule has 0 saturated carbocycles. The Morgan fingerprint density at radius 1 is 1.12 bits per heavy atom. The van der Waals surface area contributed by atoms with Gasteiger partial charge in [-0.1, -0.05) is 6.42 Å². The molecular weight excluding hydrogens is 252 g/mol. The topological polar surface area (TPSA) is 36.9 Å². The molecule has 0 aromatic heterocycles. The molecule has 1 unspecified atom stereocenters. The van der Waals surface area contributed by atoms with E-state index in [4.69, 9.17) is 17.7 Å². The molecule has 1 aliphatic heterocycles. The molecule has 0 aliphatic carbocycles. The molecule has 0 spiro atoms. The highest BCUT2D eigenvalue weighted by Gasteiger charge is 2.39. The third-order valence-electron chi connectivity index (χ3n) is 3.67. The highest BCUT2D eigenvalue weighted by Crippen LogP contribution is 2.29. The van der Waals surface area contributed by atoms with E-state index in [0.717, 1.165) is 19.1 Å². The Kier molecular flexibility index (Phi) is 6.32. The van der Waals surface area contributed by atoms with E-state index in [0.29, 0.717) is 0 Å². The van der Waals surface area contributed by atoms with Gasteiger partial charge in [0.25, 0.3) is 0 Å². The third-order valence-corrected chi connectivity index (χ3v) is 10.2. The zero-order chi connectivity index (χ0) is 12.8. The van der Waals surface area contributed by atoms with Crippen LogP contribution in [0.3, 0.4) is 0 Å². The van der Waals surface area contributed by atoms with E-state index in [9.17, 15) is 0 Å². The van der Waals surface area contributed by atoms with Gasteiger partial charge in [-0.05, 0) is 31.5 Å². The van der Waals surface area contributed by atoms with Crippen molar-refractivity contribution in [2.24, 2.45) is 0 Å². The molecular formula is C11H26O4Si2. The van der Waals surface area contributed by atoms with Gasteiger partial charge in [0, 0.05) is 34.0 Å². The fraction of sp³-hybridized carbons (Fsp3) is 1.00. The van der Waals surface area contributed by atoms with Crippen molar-refractivity contribution in [3.63, 3.8) is 0 Å². The monoisotopic (exact) mass is 278 g/mol. The first-order valence-electron chi connectivity index (χ1n) is 6.39. The Labute approximate surface area is 107 Å². The fourth-order valence-electron chi connectivity index (χ4n) is 2.42. The maximum atomic E-state index is 6.01. The van der Waals surface area contributed by atoms with Crippen molar-refractivity contribution in [2.45, 2.75) is 43.9 Å². The van der Waals surface area contributed by atoms with Crippen molar-refractivity contribution >= 4 is 17.1 Å². The molecule has 1 atom stereocenters. The molecule has 17 heavy (non-hydrogen) atoms. The van der Waals surface area contributed by atoms with Crippen LogP contribution in [0, 0.1) is 0 Å². The summed E-state index contributed by atoms with van der Waals surface area (Å²) < 4.78 is 22.3. The minimum Gasteiger partial charge on any atom is -0.417 e. The van der Waals surface area contributed by atoms with Crippen LogP contribution in [-0.2, 0) is 17.7 Å². The largest absolute Gasteiger partial charge is 0.500 e. The maximum absolute atomic E-state index is 6.01. The van der Waals surface area contributed by atoms with Crippen LogP contribution in [0.1, 0.15) is 19.3 Å². The van der Waals surface area contributed by atoms with E-state index in [-0.39, 0.29) is 0 Å². The summed E-state index contributed by atoms with van der Waals surface area (Å²) >= 11 is 0. The van der Waals surface area contributed by atoms with E-state index >= 15 is 0 Å². The Morgan fingerprint density at radius 3 is 2.24 bits per heavy atom. The molecule has 102 valence electrons. The average molecular weight is 278 g/mol. The Balaban J connectivity index is 2.34. The quantitative estimate of drug-likeness (QED) is 0.671. The first-order valence-corrected chi connectivity index (χ1v) is 11.1. The summed E-state index contributed by atoms with van der Waals surface area (Å²) in [5.41, 5.74) is 0. The first-order chi connectivity index (χ1) is 8.10. The van der Waals surface area contributed by atoms with Crippen LogP contribution in [0.2, 0.25) is 24.7 Å². The van der Waals surface area contributed by atoms with Gasteiger partial charge in [-0.15, -0.1) is 0 Å². The van der Waals surface area contributed by atoms with Crippen molar-refractivity contribution in [3.05, 3.63) is 0 Å². The van der Waals surface area contributed by atoms with Gasteiger partial charge in [0.15, 0.2) is 8.32 Å². The van der Waals surface area contributed by atoms with Crippen molar-refractivity contribution in [1.82, 2.24) is 0 Å². The lowest BCUT2D eigenvalue weighted by Crippen LogP contribution is -2.44. The molecule has 6 heteroatoms. The van der Waals surface area contributed by atoms with Gasteiger partial charge in [-0.2, -0.15) is 0 Å². The van der Waals surface area contributed by atoms with Crippen LogP contribution in [0.5, 0.6) is 0 Å². The number of rotatable bonds is 7. The van der Waals surface area contributed by atoms with Gasteiger partial charge in [0.1, 0.15) is 0 Å². The molecule has 1 fully saturated rings. The Morgan fingerprint density at radius 2 is 1.76 bits per heavy atom. The third kappa shape index (κ3) is 4.46. The van der Waals surface area contributed by atoms with Crippen LogP contribution in [0.4, 0.5) is 0 Å². The summed E-state index contributed by atoms with van der Waals surface area (Å²) in [5.74, 6) is 0. The second-order valence-corrected chi connectivity index (χ2v) is 12.2. The predicted molar refractivity (Wildman–Crippen MR) is 72.6 cm³/mol. The summed E-state index contributed by atoms with van der Waals surface area (Å²) in [7, 11) is 1.24. The molecule has 1 saturated heterocycles. The summed E-state index contributed by atoms with van der Waals surface area (Å²) in [5, 5.41) is 0. The van der Waals surface area contributed by atoms with Crippen molar-refractivity contribution in [3.8, 4) is 0 Å². The molecule has 0 amide bonds. The number of hydrogen-bond acceptors (Lipinski definition) is 4. The molecule has 0 N–H and O–H groups in total. The Bertz CT molecular complexity index is 207. The van der Waals surface area contributed by atoms with Crippen LogP contribution >= 0.6 is 0 Å². The van der Waals surface area contributed by atoms with Crippen molar-refractivity contribution in [1.29, 1.82) is 0 Å². The predicted octanol–water partition coefficient (Wildman–Crippen LogP) is 2.64.